The number of rotatable bonds is 9. The van der Waals surface area contributed by atoms with E-state index < -0.39 is 27.1 Å². The molecule has 1 aromatic carbocycles. The van der Waals surface area contributed by atoms with E-state index in [-0.39, 0.29) is 0 Å². The van der Waals surface area contributed by atoms with E-state index in [1.165, 1.54) is 0 Å². The third-order valence-electron chi connectivity index (χ3n) is 5.55. The lowest BCUT2D eigenvalue weighted by molar-refractivity contribution is -0.135. The third kappa shape index (κ3) is 5.42. The van der Waals surface area contributed by atoms with Gasteiger partial charge in [-0.2, -0.15) is 0 Å². The lowest BCUT2D eigenvalue weighted by Crippen LogP contribution is -2.53. The summed E-state index contributed by atoms with van der Waals surface area (Å²) in [6, 6.07) is 5.90. The predicted octanol–water partition coefficient (Wildman–Crippen LogP) is 4.61. The highest BCUT2D eigenvalue weighted by Gasteiger charge is 2.45. The first-order chi connectivity index (χ1) is 14.5. The summed E-state index contributed by atoms with van der Waals surface area (Å²) in [6.45, 7) is 5.92. The molecule has 0 bridgehead atoms. The Morgan fingerprint density at radius 3 is 2.13 bits per heavy atom. The number of hydrogen-bond acceptors (Lipinski definition) is 5. The average molecular weight is 516 g/mol. The molecule has 1 unspecified atom stereocenters. The molecule has 1 aliphatic rings. The molecule has 31 heavy (non-hydrogen) atoms. The second-order valence-electron chi connectivity index (χ2n) is 8.43. The third-order valence-corrected chi connectivity index (χ3v) is 8.33. The first-order valence-corrected chi connectivity index (χ1v) is 11.9. The van der Waals surface area contributed by atoms with E-state index in [0.717, 1.165) is 16.5 Å². The van der Waals surface area contributed by atoms with Gasteiger partial charge >= 0.3 is 0 Å². The van der Waals surface area contributed by atoms with Gasteiger partial charge in [0.2, 0.25) is 5.79 Å². The van der Waals surface area contributed by atoms with Crippen LogP contribution in [0.2, 0.25) is 0 Å². The van der Waals surface area contributed by atoms with E-state index in [0.29, 0.717) is 17.9 Å². The lowest BCUT2D eigenvalue weighted by atomic mass is 9.86. The van der Waals surface area contributed by atoms with Crippen LogP contribution in [0.15, 0.2) is 40.9 Å². The molecule has 0 fully saturated rings. The number of benzene rings is 1. The molecular weight excluding hydrogens is 482 g/mol. The van der Waals surface area contributed by atoms with E-state index >= 15 is 0 Å². The Labute approximate surface area is 197 Å². The zero-order valence-electron chi connectivity index (χ0n) is 19.7. The minimum absolute atomic E-state index is 0.413. The molecule has 0 aliphatic heterocycles. The number of halogens is 1. The Morgan fingerprint density at radius 2 is 1.65 bits per heavy atom. The van der Waals surface area contributed by atoms with Gasteiger partial charge in [-0.3, -0.25) is 0 Å². The molecule has 0 heterocycles. The molecule has 0 N–H and O–H groups in total. The van der Waals surface area contributed by atoms with Crippen LogP contribution in [0.3, 0.4) is 0 Å². The standard InChI is InChI=1S/C23H34BrNO5S/c1-21(2,3)31(26)25(4)22(13-14-23(29-7,30-8)16-20(22)24)12-11-17-9-10-18(27-5)19(15-17)28-6/h9-10,13-16H,11-12H2,1-8H3/t22-,31?/m1/s1. The van der Waals surface area contributed by atoms with Gasteiger partial charge in [-0.1, -0.05) is 28.1 Å². The van der Waals surface area contributed by atoms with Crippen LogP contribution in [0, 0.1) is 0 Å². The highest BCUT2D eigenvalue weighted by atomic mass is 79.9. The summed E-state index contributed by atoms with van der Waals surface area (Å²) < 4.78 is 37.7. The number of aryl methyl sites for hydroxylation is 1. The Morgan fingerprint density at radius 1 is 1.03 bits per heavy atom. The molecule has 1 aromatic rings. The van der Waals surface area contributed by atoms with Crippen LogP contribution in [-0.4, -0.2) is 60.1 Å². The van der Waals surface area contributed by atoms with Crippen molar-refractivity contribution in [3.63, 3.8) is 0 Å². The van der Waals surface area contributed by atoms with Crippen LogP contribution >= 0.6 is 15.9 Å². The van der Waals surface area contributed by atoms with Crippen molar-refractivity contribution in [1.82, 2.24) is 4.31 Å². The van der Waals surface area contributed by atoms with Gasteiger partial charge in [0, 0.05) is 25.7 Å². The van der Waals surface area contributed by atoms with Crippen molar-refractivity contribution in [2.75, 3.05) is 35.5 Å². The van der Waals surface area contributed by atoms with E-state index in [9.17, 15) is 4.21 Å². The summed E-state index contributed by atoms with van der Waals surface area (Å²) in [5, 5.41) is 0. The van der Waals surface area contributed by atoms with Crippen molar-refractivity contribution >= 4 is 26.9 Å². The summed E-state index contributed by atoms with van der Waals surface area (Å²) in [5.74, 6) is 0.415. The summed E-state index contributed by atoms with van der Waals surface area (Å²) in [4.78, 5) is 0. The molecule has 2 rings (SSSR count). The van der Waals surface area contributed by atoms with Gasteiger partial charge in [0.1, 0.15) is 11.0 Å². The molecule has 0 amide bonds. The van der Waals surface area contributed by atoms with Crippen molar-refractivity contribution in [3.8, 4) is 11.5 Å². The molecule has 6 nitrogen and oxygen atoms in total. The highest BCUT2D eigenvalue weighted by Crippen LogP contribution is 2.43. The number of methoxy groups -OCH3 is 4. The van der Waals surface area contributed by atoms with Crippen LogP contribution in [0.4, 0.5) is 0 Å². The maximum Gasteiger partial charge on any atom is 0.208 e. The summed E-state index contributed by atoms with van der Waals surface area (Å²) >= 11 is 3.76. The molecule has 1 aliphatic carbocycles. The highest BCUT2D eigenvalue weighted by molar-refractivity contribution is 9.11. The van der Waals surface area contributed by atoms with Crippen molar-refractivity contribution in [3.05, 3.63) is 46.5 Å². The number of hydrogen-bond donors (Lipinski definition) is 0. The summed E-state index contributed by atoms with van der Waals surface area (Å²) in [7, 11) is 7.08. The fourth-order valence-corrected chi connectivity index (χ4v) is 5.97. The Bertz CT molecular complexity index is 860. The fourth-order valence-electron chi connectivity index (χ4n) is 3.57. The lowest BCUT2D eigenvalue weighted by Gasteiger charge is -2.45. The second-order valence-corrected chi connectivity index (χ2v) is 11.6. The Kier molecular flexibility index (Phi) is 8.55. The van der Waals surface area contributed by atoms with E-state index in [4.69, 9.17) is 18.9 Å². The summed E-state index contributed by atoms with van der Waals surface area (Å²) in [5.41, 5.74) is 0.460. The molecule has 0 radical (unpaired) electrons. The van der Waals surface area contributed by atoms with Gasteiger partial charge in [0.25, 0.3) is 0 Å². The van der Waals surface area contributed by atoms with Crippen LogP contribution in [0.25, 0.3) is 0 Å². The summed E-state index contributed by atoms with van der Waals surface area (Å²) in [6.07, 6.45) is 7.19. The number of nitrogens with zero attached hydrogens (tertiary/aromatic N) is 1. The van der Waals surface area contributed by atoms with Gasteiger partial charge in [-0.25, -0.2) is 8.51 Å². The monoisotopic (exact) mass is 515 g/mol. The predicted molar refractivity (Wildman–Crippen MR) is 129 cm³/mol. The van der Waals surface area contributed by atoms with Gasteiger partial charge in [0.05, 0.1) is 24.5 Å². The quantitative estimate of drug-likeness (QED) is 0.355. The average Bonchev–Trinajstić information content (AvgIpc) is 2.76. The topological polar surface area (TPSA) is 57.2 Å². The van der Waals surface area contributed by atoms with Gasteiger partial charge in [-0.15, -0.1) is 0 Å². The van der Waals surface area contributed by atoms with Crippen LogP contribution in [0.1, 0.15) is 32.8 Å². The molecule has 0 aromatic heterocycles. The maximum atomic E-state index is 13.4. The van der Waals surface area contributed by atoms with Gasteiger partial charge in [0.15, 0.2) is 11.5 Å². The minimum atomic E-state index is -1.25. The number of likely N-dealkylation sites (N-methyl/N-ethyl adjacent to an activating group) is 1. The zero-order chi connectivity index (χ0) is 23.4. The minimum Gasteiger partial charge on any atom is -0.493 e. The van der Waals surface area contributed by atoms with E-state index in [1.54, 1.807) is 28.4 Å². The fraction of sp³-hybridized carbons (Fsp3) is 0.565. The first kappa shape index (κ1) is 26.1. The molecule has 2 atom stereocenters. The smallest absolute Gasteiger partial charge is 0.208 e. The van der Waals surface area contributed by atoms with Crippen LogP contribution < -0.4 is 9.47 Å². The van der Waals surface area contributed by atoms with E-state index in [1.807, 2.05) is 68.6 Å². The molecule has 0 saturated carbocycles. The molecular formula is C23H34BrNO5S. The van der Waals surface area contributed by atoms with Crippen molar-refractivity contribution in [2.45, 2.75) is 49.7 Å². The normalized spacial score (nSPS) is 21.7. The van der Waals surface area contributed by atoms with Gasteiger partial charge in [-0.05, 0) is 63.5 Å². The molecule has 0 spiro atoms. The molecule has 8 heteroatoms. The van der Waals surface area contributed by atoms with Crippen LogP contribution in [0.5, 0.6) is 11.5 Å². The maximum absolute atomic E-state index is 13.4. The van der Waals surface area contributed by atoms with Crippen molar-refractivity contribution in [2.24, 2.45) is 0 Å². The zero-order valence-corrected chi connectivity index (χ0v) is 22.1. The Hall–Kier alpha value is -1.19. The Balaban J connectivity index is 2.45. The van der Waals surface area contributed by atoms with E-state index in [2.05, 4.69) is 15.9 Å². The van der Waals surface area contributed by atoms with Gasteiger partial charge < -0.3 is 18.9 Å². The SMILES string of the molecule is COc1ccc(CC[C@@]2(N(C)S(=O)C(C)(C)C)C=CC(OC)(OC)C=C2Br)cc1OC. The largest absolute Gasteiger partial charge is 0.493 e. The number of ether oxygens (including phenoxy) is 4. The first-order valence-electron chi connectivity index (χ1n) is 10.0. The molecule has 174 valence electrons. The van der Waals surface area contributed by atoms with Crippen LogP contribution in [-0.2, 0) is 26.9 Å². The molecule has 0 saturated heterocycles. The van der Waals surface area contributed by atoms with Crippen molar-refractivity contribution in [1.29, 1.82) is 0 Å². The van der Waals surface area contributed by atoms with Crippen molar-refractivity contribution < 1.29 is 23.2 Å². The second kappa shape index (κ2) is 10.2.